The molecule has 8 heteroatoms. The summed E-state index contributed by atoms with van der Waals surface area (Å²) in [7, 11) is 0. The van der Waals surface area contributed by atoms with Gasteiger partial charge in [0.1, 0.15) is 6.04 Å². The lowest BCUT2D eigenvalue weighted by Crippen LogP contribution is -2.45. The lowest BCUT2D eigenvalue weighted by Gasteiger charge is -2.23. The fourth-order valence-electron chi connectivity index (χ4n) is 2.94. The Kier molecular flexibility index (Phi) is 5.39. The molecule has 1 aromatic heterocycles. The molecule has 1 aliphatic rings. The maximum atomic E-state index is 12.7. The second kappa shape index (κ2) is 7.72. The number of nitrogens with one attached hydrogen (secondary N) is 1. The van der Waals surface area contributed by atoms with Crippen LogP contribution in [0.1, 0.15) is 22.3 Å². The number of likely N-dealkylation sites (tertiary alicyclic amines) is 1. The molecule has 1 aliphatic heterocycles. The van der Waals surface area contributed by atoms with Crippen molar-refractivity contribution in [1.82, 2.24) is 15.2 Å². The van der Waals surface area contributed by atoms with Crippen LogP contribution in [0.5, 0.6) is 0 Å². The molecule has 0 radical (unpaired) electrons. The van der Waals surface area contributed by atoms with Crippen molar-refractivity contribution in [2.24, 2.45) is 0 Å². The number of carbonyl (C=O) groups excluding carboxylic acids is 2. The number of β-amino-alcohol motifs (C(OH)–C–C–N with tert-alkyl or cyclic N) is 1. The van der Waals surface area contributed by atoms with E-state index in [1.807, 2.05) is 12.1 Å². The Labute approximate surface area is 155 Å². The fraction of sp³-hybridized carbons (Fsp3) is 0.278. The molecule has 1 saturated heterocycles. The van der Waals surface area contributed by atoms with E-state index in [9.17, 15) is 14.7 Å². The number of rotatable bonds is 4. The van der Waals surface area contributed by atoms with Gasteiger partial charge < -0.3 is 21.1 Å². The highest BCUT2D eigenvalue weighted by atomic mass is 35.5. The van der Waals surface area contributed by atoms with Crippen LogP contribution in [0.2, 0.25) is 5.02 Å². The molecule has 1 fully saturated rings. The van der Waals surface area contributed by atoms with Gasteiger partial charge in [0.05, 0.1) is 17.4 Å². The van der Waals surface area contributed by atoms with Crippen LogP contribution in [0, 0.1) is 0 Å². The summed E-state index contributed by atoms with van der Waals surface area (Å²) in [5.74, 6) is -0.699. The van der Waals surface area contributed by atoms with E-state index in [1.54, 1.807) is 12.1 Å². The zero-order valence-electron chi connectivity index (χ0n) is 13.9. The van der Waals surface area contributed by atoms with E-state index in [-0.39, 0.29) is 30.3 Å². The summed E-state index contributed by atoms with van der Waals surface area (Å²) in [4.78, 5) is 30.5. The molecule has 4 N–H and O–H groups in total. The number of anilines is 1. The number of carbonyl (C=O) groups is 2. The lowest BCUT2D eigenvalue weighted by molar-refractivity contribution is -0.125. The molecule has 3 rings (SSSR count). The first-order chi connectivity index (χ1) is 12.4. The number of benzene rings is 1. The monoisotopic (exact) mass is 374 g/mol. The van der Waals surface area contributed by atoms with Crippen molar-refractivity contribution in [3.8, 4) is 0 Å². The summed E-state index contributed by atoms with van der Waals surface area (Å²) in [6.45, 7) is 0.400. The van der Waals surface area contributed by atoms with Gasteiger partial charge in [0.2, 0.25) is 5.91 Å². The van der Waals surface area contributed by atoms with Gasteiger partial charge in [0, 0.05) is 36.9 Å². The quantitative estimate of drug-likeness (QED) is 0.745. The zero-order valence-corrected chi connectivity index (χ0v) is 14.7. The maximum absolute atomic E-state index is 12.7. The third-order valence-corrected chi connectivity index (χ3v) is 4.48. The average molecular weight is 375 g/mol. The van der Waals surface area contributed by atoms with Gasteiger partial charge in [-0.05, 0) is 23.8 Å². The van der Waals surface area contributed by atoms with Gasteiger partial charge >= 0.3 is 0 Å². The van der Waals surface area contributed by atoms with Crippen LogP contribution in [0.15, 0.2) is 42.7 Å². The Hall–Kier alpha value is -2.64. The molecule has 2 amide bonds. The first-order valence-corrected chi connectivity index (χ1v) is 8.53. The number of aliphatic hydroxyl groups excluding tert-OH is 1. The number of nitrogens with two attached hydrogens (primary N) is 1. The van der Waals surface area contributed by atoms with Crippen molar-refractivity contribution >= 4 is 29.1 Å². The van der Waals surface area contributed by atoms with Gasteiger partial charge in [-0.3, -0.25) is 14.6 Å². The SMILES string of the molecule is Nc1cncc(C(=O)N2C[C@H](O)C[C@H]2C(=O)NCc2ccc(Cl)cc2)c1. The van der Waals surface area contributed by atoms with Gasteiger partial charge in [0.15, 0.2) is 0 Å². The van der Waals surface area contributed by atoms with Crippen LogP contribution >= 0.6 is 11.6 Å². The van der Waals surface area contributed by atoms with Gasteiger partial charge in [0.25, 0.3) is 5.91 Å². The van der Waals surface area contributed by atoms with E-state index in [2.05, 4.69) is 10.3 Å². The first kappa shape index (κ1) is 18.2. The van der Waals surface area contributed by atoms with Crippen molar-refractivity contribution in [3.63, 3.8) is 0 Å². The minimum Gasteiger partial charge on any atom is -0.397 e. The largest absolute Gasteiger partial charge is 0.397 e. The Balaban J connectivity index is 1.69. The average Bonchev–Trinajstić information content (AvgIpc) is 3.02. The normalized spacial score (nSPS) is 19.4. The third-order valence-electron chi connectivity index (χ3n) is 4.23. The molecule has 2 heterocycles. The molecule has 0 unspecified atom stereocenters. The number of halogens is 1. The van der Waals surface area contributed by atoms with Gasteiger partial charge in [-0.15, -0.1) is 0 Å². The summed E-state index contributed by atoms with van der Waals surface area (Å²) in [6.07, 6.45) is 2.27. The number of hydrogen-bond acceptors (Lipinski definition) is 5. The molecule has 7 nitrogen and oxygen atoms in total. The number of pyridine rings is 1. The lowest BCUT2D eigenvalue weighted by atomic mass is 10.1. The van der Waals surface area contributed by atoms with Gasteiger partial charge in [-0.25, -0.2) is 0 Å². The van der Waals surface area contributed by atoms with Crippen molar-refractivity contribution in [1.29, 1.82) is 0 Å². The van der Waals surface area contributed by atoms with E-state index in [0.717, 1.165) is 5.56 Å². The molecule has 0 bridgehead atoms. The Morgan fingerprint density at radius 2 is 2.04 bits per heavy atom. The number of aromatic nitrogens is 1. The van der Waals surface area contributed by atoms with Gasteiger partial charge in [-0.1, -0.05) is 23.7 Å². The predicted molar refractivity (Wildman–Crippen MR) is 97.4 cm³/mol. The van der Waals surface area contributed by atoms with Crippen molar-refractivity contribution in [3.05, 3.63) is 58.9 Å². The highest BCUT2D eigenvalue weighted by Crippen LogP contribution is 2.21. The summed E-state index contributed by atoms with van der Waals surface area (Å²) in [5.41, 5.74) is 7.20. The van der Waals surface area contributed by atoms with Crippen LogP contribution in [0.3, 0.4) is 0 Å². The predicted octanol–water partition coefficient (Wildman–Crippen LogP) is 1.21. The summed E-state index contributed by atoms with van der Waals surface area (Å²) in [6, 6.07) is 7.87. The van der Waals surface area contributed by atoms with E-state index >= 15 is 0 Å². The standard InChI is InChI=1S/C18H19ClN4O3/c19-13-3-1-11(2-4-13)7-22-17(25)16-6-15(24)10-23(16)18(26)12-5-14(20)9-21-8-12/h1-5,8-9,15-16,24H,6-7,10,20H2,(H,22,25)/t15-,16+/m1/s1. The Morgan fingerprint density at radius 1 is 1.31 bits per heavy atom. The van der Waals surface area contributed by atoms with Crippen LogP contribution < -0.4 is 11.1 Å². The molecule has 136 valence electrons. The van der Waals surface area contributed by atoms with Crippen LogP contribution in [-0.4, -0.2) is 45.5 Å². The van der Waals surface area contributed by atoms with E-state index < -0.39 is 12.1 Å². The molecular weight excluding hydrogens is 356 g/mol. The van der Waals surface area contributed by atoms with Crippen molar-refractivity contribution < 1.29 is 14.7 Å². The number of hydrogen-bond donors (Lipinski definition) is 3. The molecule has 2 aromatic rings. The highest BCUT2D eigenvalue weighted by molar-refractivity contribution is 6.30. The van der Waals surface area contributed by atoms with E-state index in [0.29, 0.717) is 17.3 Å². The Morgan fingerprint density at radius 3 is 2.73 bits per heavy atom. The first-order valence-electron chi connectivity index (χ1n) is 8.16. The van der Waals surface area contributed by atoms with Crippen molar-refractivity contribution in [2.45, 2.75) is 25.1 Å². The zero-order chi connectivity index (χ0) is 18.7. The third kappa shape index (κ3) is 4.12. The van der Waals surface area contributed by atoms with E-state index in [1.165, 1.54) is 23.4 Å². The molecular formula is C18H19ClN4O3. The second-order valence-electron chi connectivity index (χ2n) is 6.21. The fourth-order valence-corrected chi connectivity index (χ4v) is 3.06. The molecule has 0 aliphatic carbocycles. The molecule has 0 spiro atoms. The Bertz CT molecular complexity index is 812. The number of nitrogen functional groups attached to an aromatic ring is 1. The van der Waals surface area contributed by atoms with E-state index in [4.69, 9.17) is 17.3 Å². The number of aliphatic hydroxyl groups is 1. The van der Waals surface area contributed by atoms with Crippen LogP contribution in [-0.2, 0) is 11.3 Å². The smallest absolute Gasteiger partial charge is 0.256 e. The minimum atomic E-state index is -0.751. The number of nitrogens with zero attached hydrogens (tertiary/aromatic N) is 2. The molecule has 0 saturated carbocycles. The summed E-state index contributed by atoms with van der Waals surface area (Å²) >= 11 is 5.84. The molecule has 2 atom stereocenters. The maximum Gasteiger partial charge on any atom is 0.256 e. The second-order valence-corrected chi connectivity index (χ2v) is 6.65. The van der Waals surface area contributed by atoms with Crippen LogP contribution in [0.25, 0.3) is 0 Å². The minimum absolute atomic E-state index is 0.0899. The topological polar surface area (TPSA) is 109 Å². The highest BCUT2D eigenvalue weighted by Gasteiger charge is 2.39. The number of amides is 2. The van der Waals surface area contributed by atoms with Crippen LogP contribution in [0.4, 0.5) is 5.69 Å². The summed E-state index contributed by atoms with van der Waals surface area (Å²) < 4.78 is 0. The molecule has 1 aromatic carbocycles. The van der Waals surface area contributed by atoms with Crippen molar-refractivity contribution in [2.75, 3.05) is 12.3 Å². The molecule has 26 heavy (non-hydrogen) atoms. The summed E-state index contributed by atoms with van der Waals surface area (Å²) in [5, 5.41) is 13.4. The van der Waals surface area contributed by atoms with Gasteiger partial charge in [-0.2, -0.15) is 0 Å².